The van der Waals surface area contributed by atoms with Crippen molar-refractivity contribution in [1.29, 1.82) is 0 Å². The lowest BCUT2D eigenvalue weighted by Crippen LogP contribution is -2.47. The fraction of sp³-hybridized carbons (Fsp3) is 0.400. The summed E-state index contributed by atoms with van der Waals surface area (Å²) in [5, 5.41) is 0. The van der Waals surface area contributed by atoms with Gasteiger partial charge in [0.2, 0.25) is 0 Å². The van der Waals surface area contributed by atoms with E-state index in [9.17, 15) is 4.79 Å². The van der Waals surface area contributed by atoms with E-state index in [2.05, 4.69) is 17.1 Å². The number of nitrogens with zero attached hydrogens (tertiary/aromatic N) is 2. The lowest BCUT2D eigenvalue weighted by molar-refractivity contribution is -0.00299. The Balaban J connectivity index is 1.70. The van der Waals surface area contributed by atoms with Crippen LogP contribution in [0.15, 0.2) is 48.8 Å². The Labute approximate surface area is 148 Å². The van der Waals surface area contributed by atoms with E-state index in [-0.39, 0.29) is 17.9 Å². The second kappa shape index (κ2) is 8.12. The quantitative estimate of drug-likeness (QED) is 0.840. The molecular weight excluding hydrogens is 316 g/mol. The number of hydrogen-bond acceptors (Lipinski definition) is 4. The summed E-state index contributed by atoms with van der Waals surface area (Å²) >= 11 is 0. The molecule has 1 fully saturated rings. The van der Waals surface area contributed by atoms with Gasteiger partial charge in [-0.05, 0) is 42.7 Å². The van der Waals surface area contributed by atoms with E-state index < -0.39 is 0 Å². The van der Waals surface area contributed by atoms with Crippen molar-refractivity contribution in [2.24, 2.45) is 5.92 Å². The minimum atomic E-state index is 0.0664. The van der Waals surface area contributed by atoms with Gasteiger partial charge in [-0.2, -0.15) is 0 Å². The zero-order chi connectivity index (χ0) is 17.6. The number of amides is 1. The number of rotatable bonds is 5. The topological polar surface area (TPSA) is 51.7 Å². The second-order valence-corrected chi connectivity index (χ2v) is 6.36. The maximum atomic E-state index is 12.7. The second-order valence-electron chi connectivity index (χ2n) is 6.36. The van der Waals surface area contributed by atoms with Crippen molar-refractivity contribution in [3.8, 4) is 5.75 Å². The molecule has 0 radical (unpaired) electrons. The summed E-state index contributed by atoms with van der Waals surface area (Å²) in [6, 6.07) is 11.6. The molecule has 0 unspecified atom stereocenters. The molecule has 0 bridgehead atoms. The molecule has 0 N–H and O–H groups in total. The van der Waals surface area contributed by atoms with Crippen LogP contribution in [0.3, 0.4) is 0 Å². The fourth-order valence-corrected chi connectivity index (χ4v) is 3.44. The van der Waals surface area contributed by atoms with E-state index in [0.29, 0.717) is 12.1 Å². The molecule has 25 heavy (non-hydrogen) atoms. The van der Waals surface area contributed by atoms with Gasteiger partial charge < -0.3 is 14.4 Å². The monoisotopic (exact) mass is 340 g/mol. The molecule has 1 aromatic carbocycles. The Morgan fingerprint density at radius 3 is 2.52 bits per heavy atom. The van der Waals surface area contributed by atoms with Crippen LogP contribution in [0.4, 0.5) is 0 Å². The van der Waals surface area contributed by atoms with E-state index in [1.807, 2.05) is 17.0 Å². The standard InChI is InChI=1S/C20H24N2O3/c1-24-18-5-3-15(4-6-18)13-17-14-22(12-9-19(17)25-2)20(23)16-7-10-21-11-8-16/h3-8,10-11,17,19H,9,12-14H2,1-2H3/t17-,19+/m0/s1. The van der Waals surface area contributed by atoms with Gasteiger partial charge in [-0.25, -0.2) is 0 Å². The summed E-state index contributed by atoms with van der Waals surface area (Å²) in [6.07, 6.45) is 5.22. The lowest BCUT2D eigenvalue weighted by atomic mass is 9.88. The highest BCUT2D eigenvalue weighted by Gasteiger charge is 2.32. The molecule has 1 aliphatic rings. The smallest absolute Gasteiger partial charge is 0.253 e. The fourth-order valence-electron chi connectivity index (χ4n) is 3.44. The Morgan fingerprint density at radius 2 is 1.88 bits per heavy atom. The number of hydrogen-bond donors (Lipinski definition) is 0. The molecule has 0 aliphatic carbocycles. The zero-order valence-corrected chi connectivity index (χ0v) is 14.7. The van der Waals surface area contributed by atoms with Crippen molar-refractivity contribution in [2.45, 2.75) is 18.9 Å². The zero-order valence-electron chi connectivity index (χ0n) is 14.7. The van der Waals surface area contributed by atoms with Crippen LogP contribution in [0.1, 0.15) is 22.3 Å². The van der Waals surface area contributed by atoms with Crippen LogP contribution < -0.4 is 4.74 Å². The molecular formula is C20H24N2O3. The van der Waals surface area contributed by atoms with Gasteiger partial charge in [0, 0.05) is 44.1 Å². The molecule has 1 saturated heterocycles. The predicted molar refractivity (Wildman–Crippen MR) is 95.7 cm³/mol. The van der Waals surface area contributed by atoms with Crippen molar-refractivity contribution in [1.82, 2.24) is 9.88 Å². The number of benzene rings is 1. The molecule has 3 rings (SSSR count). The molecule has 1 aromatic heterocycles. The van der Waals surface area contributed by atoms with Crippen LogP contribution >= 0.6 is 0 Å². The van der Waals surface area contributed by atoms with Gasteiger partial charge in [0.15, 0.2) is 0 Å². The highest BCUT2D eigenvalue weighted by Crippen LogP contribution is 2.25. The lowest BCUT2D eigenvalue weighted by Gasteiger charge is -2.38. The SMILES string of the molecule is COc1ccc(C[C@H]2CN(C(=O)c3ccncc3)CC[C@H]2OC)cc1. The van der Waals surface area contributed by atoms with Gasteiger partial charge in [-0.15, -0.1) is 0 Å². The van der Waals surface area contributed by atoms with Gasteiger partial charge in [0.25, 0.3) is 5.91 Å². The predicted octanol–water partition coefficient (Wildman–Crippen LogP) is 2.81. The summed E-state index contributed by atoms with van der Waals surface area (Å²) < 4.78 is 10.9. The molecule has 5 heteroatoms. The largest absolute Gasteiger partial charge is 0.497 e. The average molecular weight is 340 g/mol. The average Bonchev–Trinajstić information content (AvgIpc) is 2.68. The normalized spacial score (nSPS) is 20.3. The summed E-state index contributed by atoms with van der Waals surface area (Å²) in [5.74, 6) is 1.19. The van der Waals surface area contributed by atoms with E-state index >= 15 is 0 Å². The summed E-state index contributed by atoms with van der Waals surface area (Å²) in [4.78, 5) is 18.6. The molecule has 2 aromatic rings. The number of carbonyl (C=O) groups excluding carboxylic acids is 1. The Kier molecular flexibility index (Phi) is 5.66. The molecule has 132 valence electrons. The van der Waals surface area contributed by atoms with Crippen molar-refractivity contribution in [3.63, 3.8) is 0 Å². The highest BCUT2D eigenvalue weighted by atomic mass is 16.5. The number of carbonyl (C=O) groups is 1. The molecule has 0 spiro atoms. The van der Waals surface area contributed by atoms with Gasteiger partial charge >= 0.3 is 0 Å². The molecule has 0 saturated carbocycles. The third-order valence-electron chi connectivity index (χ3n) is 4.84. The van der Waals surface area contributed by atoms with Crippen molar-refractivity contribution >= 4 is 5.91 Å². The number of likely N-dealkylation sites (tertiary alicyclic amines) is 1. The van der Waals surface area contributed by atoms with Gasteiger partial charge in [0.1, 0.15) is 5.75 Å². The Bertz CT molecular complexity index is 688. The minimum absolute atomic E-state index is 0.0664. The van der Waals surface area contributed by atoms with Crippen LogP contribution in [0, 0.1) is 5.92 Å². The van der Waals surface area contributed by atoms with Crippen molar-refractivity contribution < 1.29 is 14.3 Å². The van der Waals surface area contributed by atoms with Crippen LogP contribution in [-0.2, 0) is 11.2 Å². The van der Waals surface area contributed by atoms with Crippen molar-refractivity contribution in [3.05, 3.63) is 59.9 Å². The third-order valence-corrected chi connectivity index (χ3v) is 4.84. The van der Waals surface area contributed by atoms with Crippen LogP contribution in [0.25, 0.3) is 0 Å². The van der Waals surface area contributed by atoms with E-state index in [0.717, 1.165) is 25.1 Å². The van der Waals surface area contributed by atoms with Crippen molar-refractivity contribution in [2.75, 3.05) is 27.3 Å². The highest BCUT2D eigenvalue weighted by molar-refractivity contribution is 5.94. The Hall–Kier alpha value is -2.40. The van der Waals surface area contributed by atoms with Gasteiger partial charge in [-0.1, -0.05) is 12.1 Å². The number of pyridine rings is 1. The molecule has 1 aliphatic heterocycles. The van der Waals surface area contributed by atoms with E-state index in [1.165, 1.54) is 5.56 Å². The molecule has 1 amide bonds. The number of methoxy groups -OCH3 is 2. The van der Waals surface area contributed by atoms with Gasteiger partial charge in [-0.3, -0.25) is 9.78 Å². The Morgan fingerprint density at radius 1 is 1.16 bits per heavy atom. The first kappa shape index (κ1) is 17.4. The molecule has 5 nitrogen and oxygen atoms in total. The maximum absolute atomic E-state index is 12.7. The first-order valence-electron chi connectivity index (χ1n) is 8.56. The van der Waals surface area contributed by atoms with Crippen LogP contribution in [-0.4, -0.2) is 49.2 Å². The van der Waals surface area contributed by atoms with E-state index in [1.54, 1.807) is 38.7 Å². The molecule has 2 atom stereocenters. The first-order chi connectivity index (χ1) is 12.2. The number of aromatic nitrogens is 1. The third kappa shape index (κ3) is 4.17. The molecule has 2 heterocycles. The van der Waals surface area contributed by atoms with Crippen LogP contribution in [0.2, 0.25) is 0 Å². The number of ether oxygens (including phenoxy) is 2. The summed E-state index contributed by atoms with van der Waals surface area (Å²) in [7, 11) is 3.42. The first-order valence-corrected chi connectivity index (χ1v) is 8.56. The minimum Gasteiger partial charge on any atom is -0.497 e. The summed E-state index contributed by atoms with van der Waals surface area (Å²) in [5.41, 5.74) is 1.92. The van der Waals surface area contributed by atoms with E-state index in [4.69, 9.17) is 9.47 Å². The summed E-state index contributed by atoms with van der Waals surface area (Å²) in [6.45, 7) is 1.42. The van der Waals surface area contributed by atoms with Crippen LogP contribution in [0.5, 0.6) is 5.75 Å². The maximum Gasteiger partial charge on any atom is 0.253 e. The van der Waals surface area contributed by atoms with Gasteiger partial charge in [0.05, 0.1) is 13.2 Å². The number of piperidine rings is 1.